The number of hydrogen-bond donors (Lipinski definition) is 2. The van der Waals surface area contributed by atoms with Crippen LogP contribution in [0.4, 0.5) is 5.69 Å². The summed E-state index contributed by atoms with van der Waals surface area (Å²) in [5.74, 6) is -1.22. The van der Waals surface area contributed by atoms with E-state index in [0.717, 1.165) is 37.2 Å². The number of nitrogens with one attached hydrogen (secondary N) is 2. The molecule has 144 valence electrons. The number of carbonyl (C=O) groups is 2. The molecule has 0 bridgehead atoms. The Balaban J connectivity index is 1.99. The van der Waals surface area contributed by atoms with Crippen LogP contribution in [-0.2, 0) is 14.3 Å². The maximum Gasteiger partial charge on any atom is 0.309 e. The van der Waals surface area contributed by atoms with Gasteiger partial charge in [0.05, 0.1) is 12.6 Å². The van der Waals surface area contributed by atoms with Crippen molar-refractivity contribution in [2.75, 3.05) is 58.9 Å². The summed E-state index contributed by atoms with van der Waals surface area (Å²) in [7, 11) is 5.57. The van der Waals surface area contributed by atoms with Gasteiger partial charge in [0.25, 0.3) is 0 Å². The molecule has 7 heteroatoms. The highest BCUT2D eigenvalue weighted by Gasteiger charge is 2.25. The lowest BCUT2D eigenvalue weighted by molar-refractivity contribution is -0.139. The van der Waals surface area contributed by atoms with E-state index < -0.39 is 11.8 Å². The van der Waals surface area contributed by atoms with Gasteiger partial charge >= 0.3 is 11.8 Å². The lowest BCUT2D eigenvalue weighted by atomic mass is 10.0. The van der Waals surface area contributed by atoms with Gasteiger partial charge in [-0.3, -0.25) is 14.5 Å². The van der Waals surface area contributed by atoms with Crippen molar-refractivity contribution < 1.29 is 14.3 Å². The highest BCUT2D eigenvalue weighted by atomic mass is 16.5. The van der Waals surface area contributed by atoms with Crippen LogP contribution >= 0.6 is 0 Å². The molecule has 1 aliphatic heterocycles. The molecular weight excluding hydrogens is 332 g/mol. The van der Waals surface area contributed by atoms with Crippen LogP contribution in [0.3, 0.4) is 0 Å². The average Bonchev–Trinajstić information content (AvgIpc) is 3.16. The van der Waals surface area contributed by atoms with Gasteiger partial charge in [-0.15, -0.1) is 0 Å². The van der Waals surface area contributed by atoms with E-state index >= 15 is 0 Å². The van der Waals surface area contributed by atoms with Crippen LogP contribution < -0.4 is 15.5 Å². The summed E-state index contributed by atoms with van der Waals surface area (Å²) < 4.78 is 4.87. The molecule has 1 aliphatic rings. The van der Waals surface area contributed by atoms with Gasteiger partial charge in [0.2, 0.25) is 0 Å². The van der Waals surface area contributed by atoms with Gasteiger partial charge in [-0.1, -0.05) is 12.1 Å². The average molecular weight is 362 g/mol. The highest BCUT2D eigenvalue weighted by Crippen LogP contribution is 2.26. The van der Waals surface area contributed by atoms with Crippen molar-refractivity contribution in [3.05, 3.63) is 29.8 Å². The van der Waals surface area contributed by atoms with Crippen molar-refractivity contribution in [3.8, 4) is 0 Å². The van der Waals surface area contributed by atoms with Crippen molar-refractivity contribution in [3.63, 3.8) is 0 Å². The molecule has 0 saturated carbocycles. The Hall–Kier alpha value is -2.12. The Labute approximate surface area is 155 Å². The van der Waals surface area contributed by atoms with E-state index in [1.54, 1.807) is 7.11 Å². The fraction of sp³-hybridized carbons (Fsp3) is 0.579. The largest absolute Gasteiger partial charge is 0.383 e. The second kappa shape index (κ2) is 10.1. The van der Waals surface area contributed by atoms with E-state index in [9.17, 15) is 9.59 Å². The van der Waals surface area contributed by atoms with Crippen LogP contribution in [0.5, 0.6) is 0 Å². The quantitative estimate of drug-likeness (QED) is 0.528. The Morgan fingerprint density at radius 3 is 2.31 bits per heavy atom. The number of rotatable bonds is 8. The molecular formula is C19H30N4O3. The standard InChI is InChI=1S/C19H30N4O3/c1-22(2)16-8-6-15(7-9-16)17(23-11-4-5-12-23)14-21-19(25)18(24)20-10-13-26-3/h6-9,17H,4-5,10-14H2,1-3H3,(H,20,24)(H,21,25). The second-order valence-corrected chi connectivity index (χ2v) is 6.70. The molecule has 0 aromatic heterocycles. The summed E-state index contributed by atoms with van der Waals surface area (Å²) in [6.07, 6.45) is 2.33. The third kappa shape index (κ3) is 5.71. The molecule has 2 rings (SSSR count). The van der Waals surface area contributed by atoms with Gasteiger partial charge < -0.3 is 20.3 Å². The molecule has 26 heavy (non-hydrogen) atoms. The number of ether oxygens (including phenoxy) is 1. The predicted molar refractivity (Wildman–Crippen MR) is 102 cm³/mol. The first-order chi connectivity index (χ1) is 12.5. The first-order valence-electron chi connectivity index (χ1n) is 9.09. The monoisotopic (exact) mass is 362 g/mol. The maximum absolute atomic E-state index is 12.0. The Morgan fingerprint density at radius 2 is 1.73 bits per heavy atom. The molecule has 1 aromatic carbocycles. The summed E-state index contributed by atoms with van der Waals surface area (Å²) in [5, 5.41) is 5.32. The number of methoxy groups -OCH3 is 1. The van der Waals surface area contributed by atoms with E-state index in [-0.39, 0.29) is 6.04 Å². The van der Waals surface area contributed by atoms with Gasteiger partial charge in [0.15, 0.2) is 0 Å². The summed E-state index contributed by atoms with van der Waals surface area (Å²) in [5.41, 5.74) is 2.29. The lowest BCUT2D eigenvalue weighted by Crippen LogP contribution is -2.44. The molecule has 2 amide bonds. The van der Waals surface area contributed by atoms with Gasteiger partial charge in [-0.05, 0) is 43.6 Å². The summed E-state index contributed by atoms with van der Waals surface area (Å²) in [6.45, 7) is 3.14. The van der Waals surface area contributed by atoms with Crippen molar-refractivity contribution in [2.24, 2.45) is 0 Å². The van der Waals surface area contributed by atoms with Gasteiger partial charge in [-0.25, -0.2) is 0 Å². The molecule has 0 radical (unpaired) electrons. The van der Waals surface area contributed by atoms with E-state index in [1.807, 2.05) is 14.1 Å². The smallest absolute Gasteiger partial charge is 0.309 e. The topological polar surface area (TPSA) is 73.9 Å². The first-order valence-corrected chi connectivity index (χ1v) is 9.09. The Kier molecular flexibility index (Phi) is 7.87. The van der Waals surface area contributed by atoms with Gasteiger partial charge in [0.1, 0.15) is 0 Å². The predicted octanol–water partition coefficient (Wildman–Crippen LogP) is 0.768. The Morgan fingerprint density at radius 1 is 1.12 bits per heavy atom. The number of anilines is 1. The normalized spacial score (nSPS) is 15.5. The zero-order chi connectivity index (χ0) is 18.9. The summed E-state index contributed by atoms with van der Waals surface area (Å²) in [6, 6.07) is 8.44. The molecule has 1 aromatic rings. The number of likely N-dealkylation sites (tertiary alicyclic amines) is 1. The fourth-order valence-corrected chi connectivity index (χ4v) is 3.12. The summed E-state index contributed by atoms with van der Waals surface area (Å²) in [4.78, 5) is 28.3. The van der Waals surface area contributed by atoms with Crippen molar-refractivity contribution in [1.29, 1.82) is 0 Å². The van der Waals surface area contributed by atoms with Crippen LogP contribution in [0.1, 0.15) is 24.4 Å². The fourth-order valence-electron chi connectivity index (χ4n) is 3.12. The second-order valence-electron chi connectivity index (χ2n) is 6.70. The van der Waals surface area contributed by atoms with Crippen LogP contribution in [0.25, 0.3) is 0 Å². The molecule has 0 aliphatic carbocycles. The number of hydrogen-bond acceptors (Lipinski definition) is 5. The minimum absolute atomic E-state index is 0.0736. The van der Waals surface area contributed by atoms with Crippen LogP contribution in [0.15, 0.2) is 24.3 Å². The van der Waals surface area contributed by atoms with Gasteiger partial charge in [0, 0.05) is 40.0 Å². The minimum Gasteiger partial charge on any atom is -0.383 e. The van der Waals surface area contributed by atoms with Crippen LogP contribution in [-0.4, -0.2) is 70.7 Å². The minimum atomic E-state index is -0.620. The number of nitrogens with zero attached hydrogens (tertiary/aromatic N) is 2. The summed E-state index contributed by atoms with van der Waals surface area (Å²) >= 11 is 0. The van der Waals surface area contributed by atoms with Crippen molar-refractivity contribution in [1.82, 2.24) is 15.5 Å². The van der Waals surface area contributed by atoms with E-state index in [0.29, 0.717) is 19.7 Å². The third-order valence-electron chi connectivity index (χ3n) is 4.63. The number of carbonyl (C=O) groups excluding carboxylic acids is 2. The number of amides is 2. The SMILES string of the molecule is COCCNC(=O)C(=O)NCC(c1ccc(N(C)C)cc1)N1CCCC1. The zero-order valence-electron chi connectivity index (χ0n) is 16.0. The molecule has 2 N–H and O–H groups in total. The van der Waals surface area contributed by atoms with Crippen LogP contribution in [0, 0.1) is 0 Å². The first kappa shape index (κ1) is 20.2. The molecule has 0 spiro atoms. The Bertz CT molecular complexity index is 583. The third-order valence-corrected chi connectivity index (χ3v) is 4.63. The molecule has 1 unspecified atom stereocenters. The molecule has 7 nitrogen and oxygen atoms in total. The van der Waals surface area contributed by atoms with E-state index in [2.05, 4.69) is 44.7 Å². The molecule has 1 atom stereocenters. The number of benzene rings is 1. The maximum atomic E-state index is 12.0. The lowest BCUT2D eigenvalue weighted by Gasteiger charge is -2.28. The molecule has 1 saturated heterocycles. The van der Waals surface area contributed by atoms with E-state index in [1.165, 1.54) is 0 Å². The van der Waals surface area contributed by atoms with Crippen LogP contribution in [0.2, 0.25) is 0 Å². The zero-order valence-corrected chi connectivity index (χ0v) is 16.0. The van der Waals surface area contributed by atoms with Gasteiger partial charge in [-0.2, -0.15) is 0 Å². The molecule has 1 heterocycles. The highest BCUT2D eigenvalue weighted by molar-refractivity contribution is 6.35. The van der Waals surface area contributed by atoms with Crippen molar-refractivity contribution >= 4 is 17.5 Å². The van der Waals surface area contributed by atoms with E-state index in [4.69, 9.17) is 4.74 Å². The van der Waals surface area contributed by atoms with Crippen molar-refractivity contribution in [2.45, 2.75) is 18.9 Å². The molecule has 1 fully saturated rings.